The molecule has 0 bridgehead atoms. The molecule has 1 aromatic rings. The Bertz CT molecular complexity index is 418. The minimum absolute atomic E-state index is 0.200. The van der Waals surface area contributed by atoms with Gasteiger partial charge in [0.1, 0.15) is 0 Å². The first kappa shape index (κ1) is 15.4. The molecule has 0 unspecified atom stereocenters. The van der Waals surface area contributed by atoms with Gasteiger partial charge in [0, 0.05) is 5.69 Å². The second-order valence-electron chi connectivity index (χ2n) is 4.26. The molecule has 0 radical (unpaired) electrons. The van der Waals surface area contributed by atoms with E-state index in [9.17, 15) is 4.79 Å². The summed E-state index contributed by atoms with van der Waals surface area (Å²) in [6.45, 7) is 2.63. The maximum absolute atomic E-state index is 11.7. The van der Waals surface area contributed by atoms with Crippen LogP contribution in [0.2, 0.25) is 0 Å². The van der Waals surface area contributed by atoms with Crippen molar-refractivity contribution >= 4 is 29.0 Å². The van der Waals surface area contributed by atoms with E-state index >= 15 is 0 Å². The minimum atomic E-state index is -0.293. The molecule has 0 saturated heterocycles. The Morgan fingerprint density at radius 3 is 2.53 bits per heavy atom. The van der Waals surface area contributed by atoms with Crippen LogP contribution in [0.5, 0.6) is 0 Å². The van der Waals surface area contributed by atoms with Gasteiger partial charge >= 0.3 is 5.97 Å². The number of anilines is 1. The number of rotatable bonds is 7. The third-order valence-corrected chi connectivity index (χ3v) is 2.72. The lowest BCUT2D eigenvalue weighted by molar-refractivity contribution is 0.0498. The largest absolute Gasteiger partial charge is 0.462 e. The molecule has 1 aromatic carbocycles. The SMILES string of the molecule is CCCCCCOC(=O)c1ccc(NC(N)=S)cc1. The Morgan fingerprint density at radius 1 is 1.26 bits per heavy atom. The van der Waals surface area contributed by atoms with Crippen molar-refractivity contribution in [2.75, 3.05) is 11.9 Å². The Morgan fingerprint density at radius 2 is 1.95 bits per heavy atom. The van der Waals surface area contributed by atoms with Gasteiger partial charge in [0.15, 0.2) is 5.11 Å². The van der Waals surface area contributed by atoms with E-state index < -0.39 is 0 Å². The molecule has 4 nitrogen and oxygen atoms in total. The molecule has 5 heteroatoms. The van der Waals surface area contributed by atoms with Crippen molar-refractivity contribution in [3.8, 4) is 0 Å². The van der Waals surface area contributed by atoms with Crippen LogP contribution in [0.25, 0.3) is 0 Å². The molecule has 3 N–H and O–H groups in total. The summed E-state index contributed by atoms with van der Waals surface area (Å²) < 4.78 is 5.19. The molecule has 0 heterocycles. The zero-order valence-electron chi connectivity index (χ0n) is 11.1. The highest BCUT2D eigenvalue weighted by Gasteiger charge is 2.06. The Hall–Kier alpha value is -1.62. The van der Waals surface area contributed by atoms with Crippen LogP contribution in [-0.2, 0) is 4.74 Å². The number of carbonyl (C=O) groups is 1. The zero-order valence-corrected chi connectivity index (χ0v) is 12.0. The molecule has 0 aliphatic heterocycles. The molecule has 0 amide bonds. The van der Waals surface area contributed by atoms with Gasteiger partial charge in [0.25, 0.3) is 0 Å². The maximum atomic E-state index is 11.7. The van der Waals surface area contributed by atoms with Crippen molar-refractivity contribution in [2.45, 2.75) is 32.6 Å². The fourth-order valence-corrected chi connectivity index (χ4v) is 1.73. The van der Waals surface area contributed by atoms with Gasteiger partial charge in [-0.3, -0.25) is 0 Å². The van der Waals surface area contributed by atoms with Crippen molar-refractivity contribution in [3.05, 3.63) is 29.8 Å². The second-order valence-corrected chi connectivity index (χ2v) is 4.70. The Balaban J connectivity index is 2.38. The monoisotopic (exact) mass is 280 g/mol. The molecule has 0 fully saturated rings. The van der Waals surface area contributed by atoms with Crippen molar-refractivity contribution in [1.82, 2.24) is 0 Å². The summed E-state index contributed by atoms with van der Waals surface area (Å²) in [5.41, 5.74) is 6.64. The second kappa shape index (κ2) is 8.48. The molecular formula is C14H20N2O2S. The van der Waals surface area contributed by atoms with E-state index in [1.807, 2.05) is 0 Å². The van der Waals surface area contributed by atoms with Crippen molar-refractivity contribution < 1.29 is 9.53 Å². The van der Waals surface area contributed by atoms with Crippen LogP contribution in [-0.4, -0.2) is 17.7 Å². The number of benzene rings is 1. The molecule has 1 rings (SSSR count). The topological polar surface area (TPSA) is 64.3 Å². The average molecular weight is 280 g/mol. The minimum Gasteiger partial charge on any atom is -0.462 e. The molecule has 0 aliphatic rings. The summed E-state index contributed by atoms with van der Waals surface area (Å²) in [7, 11) is 0. The number of thiocarbonyl (C=S) groups is 1. The summed E-state index contributed by atoms with van der Waals surface area (Å²) >= 11 is 4.73. The van der Waals surface area contributed by atoms with Crippen molar-refractivity contribution in [1.29, 1.82) is 0 Å². The van der Waals surface area contributed by atoms with Crippen LogP contribution in [0.1, 0.15) is 43.0 Å². The lowest BCUT2D eigenvalue weighted by Crippen LogP contribution is -2.18. The number of carbonyl (C=O) groups excluding carboxylic acids is 1. The van der Waals surface area contributed by atoms with Crippen molar-refractivity contribution in [3.63, 3.8) is 0 Å². The molecule has 0 saturated carbocycles. The number of unbranched alkanes of at least 4 members (excludes halogenated alkanes) is 3. The summed E-state index contributed by atoms with van der Waals surface area (Å²) in [5.74, 6) is -0.293. The van der Waals surface area contributed by atoms with Gasteiger partial charge in [-0.25, -0.2) is 4.79 Å². The number of nitrogens with two attached hydrogens (primary N) is 1. The molecule has 19 heavy (non-hydrogen) atoms. The maximum Gasteiger partial charge on any atom is 0.338 e. The fraction of sp³-hybridized carbons (Fsp3) is 0.429. The molecule has 0 aromatic heterocycles. The molecular weight excluding hydrogens is 260 g/mol. The lowest BCUT2D eigenvalue weighted by Gasteiger charge is -2.06. The van der Waals surface area contributed by atoms with Gasteiger partial charge in [-0.2, -0.15) is 0 Å². The van der Waals surface area contributed by atoms with Gasteiger partial charge in [-0.1, -0.05) is 26.2 Å². The van der Waals surface area contributed by atoms with Crippen LogP contribution in [0, 0.1) is 0 Å². The van der Waals surface area contributed by atoms with Crippen LogP contribution in [0.15, 0.2) is 24.3 Å². The highest BCUT2D eigenvalue weighted by Crippen LogP contribution is 2.10. The molecule has 0 aliphatic carbocycles. The molecule has 0 atom stereocenters. The zero-order chi connectivity index (χ0) is 14.1. The quantitative estimate of drug-likeness (QED) is 0.456. The van der Waals surface area contributed by atoms with Gasteiger partial charge in [-0.05, 0) is 42.9 Å². The van der Waals surface area contributed by atoms with Gasteiger partial charge < -0.3 is 15.8 Å². The first-order chi connectivity index (χ1) is 9.13. The summed E-state index contributed by atoms with van der Waals surface area (Å²) in [6.07, 6.45) is 4.36. The first-order valence-electron chi connectivity index (χ1n) is 6.47. The normalized spacial score (nSPS) is 9.95. The van der Waals surface area contributed by atoms with Gasteiger partial charge in [-0.15, -0.1) is 0 Å². The highest BCUT2D eigenvalue weighted by molar-refractivity contribution is 7.80. The third-order valence-electron chi connectivity index (χ3n) is 2.62. The molecule has 0 spiro atoms. The van der Waals surface area contributed by atoms with E-state index in [-0.39, 0.29) is 11.1 Å². The lowest BCUT2D eigenvalue weighted by atomic mass is 10.2. The fourth-order valence-electron chi connectivity index (χ4n) is 1.61. The van der Waals surface area contributed by atoms with Crippen LogP contribution in [0.3, 0.4) is 0 Å². The van der Waals surface area contributed by atoms with Gasteiger partial charge in [0.05, 0.1) is 12.2 Å². The van der Waals surface area contributed by atoms with Crippen LogP contribution >= 0.6 is 12.2 Å². The number of hydrogen-bond donors (Lipinski definition) is 2. The number of hydrogen-bond acceptors (Lipinski definition) is 3. The standard InChI is InChI=1S/C14H20N2O2S/c1-2-3-4-5-10-18-13(17)11-6-8-12(9-7-11)16-14(15)19/h6-9H,2-5,10H2,1H3,(H3,15,16,19). The number of esters is 1. The smallest absolute Gasteiger partial charge is 0.338 e. The Kier molecular flexibility index (Phi) is 6.89. The number of nitrogens with one attached hydrogen (secondary N) is 1. The van der Waals surface area contributed by atoms with Crippen LogP contribution < -0.4 is 11.1 Å². The molecule has 104 valence electrons. The predicted molar refractivity (Wildman–Crippen MR) is 81.3 cm³/mol. The average Bonchev–Trinajstić information content (AvgIpc) is 2.38. The highest BCUT2D eigenvalue weighted by atomic mass is 32.1. The Labute approximate surface area is 119 Å². The van der Waals surface area contributed by atoms with E-state index in [1.54, 1.807) is 24.3 Å². The summed E-state index contributed by atoms with van der Waals surface area (Å²) in [4.78, 5) is 11.7. The first-order valence-corrected chi connectivity index (χ1v) is 6.88. The van der Waals surface area contributed by atoms with Gasteiger partial charge in [0.2, 0.25) is 0 Å². The van der Waals surface area contributed by atoms with E-state index in [1.165, 1.54) is 12.8 Å². The van der Waals surface area contributed by atoms with Crippen LogP contribution in [0.4, 0.5) is 5.69 Å². The van der Waals surface area contributed by atoms with E-state index in [2.05, 4.69) is 12.2 Å². The van der Waals surface area contributed by atoms with E-state index in [0.717, 1.165) is 18.5 Å². The summed E-state index contributed by atoms with van der Waals surface area (Å²) in [6, 6.07) is 6.86. The van der Waals surface area contributed by atoms with E-state index in [0.29, 0.717) is 12.2 Å². The summed E-state index contributed by atoms with van der Waals surface area (Å²) in [5, 5.41) is 2.99. The van der Waals surface area contributed by atoms with E-state index in [4.69, 9.17) is 22.7 Å². The number of ether oxygens (including phenoxy) is 1. The van der Waals surface area contributed by atoms with Crippen molar-refractivity contribution in [2.24, 2.45) is 5.73 Å². The third kappa shape index (κ3) is 6.20. The predicted octanol–water partition coefficient (Wildman–Crippen LogP) is 3.08.